The van der Waals surface area contributed by atoms with E-state index >= 15 is 0 Å². The predicted molar refractivity (Wildman–Crippen MR) is 77.7 cm³/mol. The van der Waals surface area contributed by atoms with Gasteiger partial charge in [0.15, 0.2) is 0 Å². The van der Waals surface area contributed by atoms with Crippen molar-refractivity contribution in [2.75, 3.05) is 5.75 Å². The lowest BCUT2D eigenvalue weighted by molar-refractivity contribution is -0.122. The Morgan fingerprint density at radius 2 is 1.95 bits per heavy atom. The van der Waals surface area contributed by atoms with Crippen LogP contribution in [-0.2, 0) is 21.2 Å². The van der Waals surface area contributed by atoms with E-state index in [-0.39, 0.29) is 17.7 Å². The van der Waals surface area contributed by atoms with Crippen molar-refractivity contribution in [1.29, 1.82) is 0 Å². The van der Waals surface area contributed by atoms with Crippen LogP contribution in [-0.4, -0.2) is 32.2 Å². The zero-order valence-corrected chi connectivity index (χ0v) is 12.3. The summed E-state index contributed by atoms with van der Waals surface area (Å²) in [5.74, 6) is -0.275. The smallest absolute Gasteiger partial charge is 0.238 e. The number of carbonyl (C=O) groups excluding carboxylic acids is 1. The summed E-state index contributed by atoms with van der Waals surface area (Å²) in [4.78, 5) is 12.2. The molecule has 1 aliphatic carbocycles. The molecule has 0 bridgehead atoms. The maximum Gasteiger partial charge on any atom is 0.238 e. The summed E-state index contributed by atoms with van der Waals surface area (Å²) in [5.41, 5.74) is 0.933. The topological polar surface area (TPSA) is 75.3 Å². The molecule has 1 saturated carbocycles. The van der Waals surface area contributed by atoms with Crippen LogP contribution in [0.25, 0.3) is 0 Å². The molecule has 0 unspecified atom stereocenters. The van der Waals surface area contributed by atoms with Crippen molar-refractivity contribution in [3.8, 4) is 0 Å². The molecule has 2 N–H and O–H groups in total. The van der Waals surface area contributed by atoms with E-state index in [1.807, 2.05) is 30.3 Å². The molecule has 0 heterocycles. The van der Waals surface area contributed by atoms with Gasteiger partial charge in [-0.25, -0.2) is 13.1 Å². The molecule has 20 heavy (non-hydrogen) atoms. The fraction of sp³-hybridized carbons (Fsp3) is 0.500. The molecule has 6 heteroatoms. The molecule has 1 fully saturated rings. The van der Waals surface area contributed by atoms with Gasteiger partial charge in [-0.2, -0.15) is 0 Å². The Morgan fingerprint density at radius 3 is 2.50 bits per heavy atom. The van der Waals surface area contributed by atoms with Crippen LogP contribution in [0.4, 0.5) is 0 Å². The van der Waals surface area contributed by atoms with Gasteiger partial charge >= 0.3 is 0 Å². The second-order valence-corrected chi connectivity index (χ2v) is 7.09. The van der Waals surface area contributed by atoms with Gasteiger partial charge in [-0.3, -0.25) is 4.79 Å². The van der Waals surface area contributed by atoms with Gasteiger partial charge in [0.25, 0.3) is 0 Å². The molecule has 1 aromatic carbocycles. The van der Waals surface area contributed by atoms with E-state index in [0.29, 0.717) is 6.42 Å². The van der Waals surface area contributed by atoms with Crippen molar-refractivity contribution in [3.05, 3.63) is 35.9 Å². The standard InChI is InChI=1S/C14H20N2O3S/c1-2-20(18,19)16-13(14(17)15-12-8-9-12)10-11-6-4-3-5-7-11/h3-7,12-13,16H,2,8-10H2,1H3,(H,15,17)/t13-/m1/s1. The quantitative estimate of drug-likeness (QED) is 0.782. The Labute approximate surface area is 119 Å². The highest BCUT2D eigenvalue weighted by atomic mass is 32.2. The summed E-state index contributed by atoms with van der Waals surface area (Å²) in [6.45, 7) is 1.56. The zero-order chi connectivity index (χ0) is 14.6. The number of amides is 1. The summed E-state index contributed by atoms with van der Waals surface area (Å²) in [6, 6.07) is 8.88. The Bertz CT molecular complexity index is 553. The lowest BCUT2D eigenvalue weighted by Crippen LogP contribution is -2.48. The highest BCUT2D eigenvalue weighted by molar-refractivity contribution is 7.89. The number of hydrogen-bond donors (Lipinski definition) is 2. The summed E-state index contributed by atoms with van der Waals surface area (Å²) >= 11 is 0. The Morgan fingerprint density at radius 1 is 1.30 bits per heavy atom. The molecule has 2 rings (SSSR count). The average molecular weight is 296 g/mol. The first-order valence-electron chi connectivity index (χ1n) is 6.84. The monoisotopic (exact) mass is 296 g/mol. The lowest BCUT2D eigenvalue weighted by Gasteiger charge is -2.18. The summed E-state index contributed by atoms with van der Waals surface area (Å²) in [6.07, 6.45) is 2.31. The van der Waals surface area contributed by atoms with Crippen LogP contribution in [0.2, 0.25) is 0 Å². The molecule has 0 aromatic heterocycles. The first-order chi connectivity index (χ1) is 9.50. The minimum atomic E-state index is -3.41. The number of benzene rings is 1. The number of nitrogens with one attached hydrogen (secondary N) is 2. The molecule has 1 aromatic rings. The first-order valence-corrected chi connectivity index (χ1v) is 8.49. The van der Waals surface area contributed by atoms with Crippen LogP contribution >= 0.6 is 0 Å². The van der Waals surface area contributed by atoms with E-state index in [4.69, 9.17) is 0 Å². The molecule has 0 aliphatic heterocycles. The fourth-order valence-electron chi connectivity index (χ4n) is 1.87. The van der Waals surface area contributed by atoms with Crippen LogP contribution < -0.4 is 10.0 Å². The number of hydrogen-bond acceptors (Lipinski definition) is 3. The third-order valence-electron chi connectivity index (χ3n) is 3.22. The van der Waals surface area contributed by atoms with Crippen molar-refractivity contribution in [2.24, 2.45) is 0 Å². The second-order valence-electron chi connectivity index (χ2n) is 5.05. The number of sulfonamides is 1. The highest BCUT2D eigenvalue weighted by Gasteiger charge is 2.29. The molecule has 5 nitrogen and oxygen atoms in total. The van der Waals surface area contributed by atoms with Crippen LogP contribution in [0.5, 0.6) is 0 Å². The fourth-order valence-corrected chi connectivity index (χ4v) is 2.66. The van der Waals surface area contributed by atoms with Gasteiger partial charge in [-0.05, 0) is 31.7 Å². The molecule has 1 amide bonds. The predicted octanol–water partition coefficient (Wildman–Crippen LogP) is 0.816. The molecule has 0 spiro atoms. The molecule has 0 saturated heterocycles. The van der Waals surface area contributed by atoms with E-state index < -0.39 is 16.1 Å². The average Bonchev–Trinajstić information content (AvgIpc) is 3.23. The van der Waals surface area contributed by atoms with E-state index in [1.165, 1.54) is 0 Å². The number of carbonyl (C=O) groups is 1. The van der Waals surface area contributed by atoms with Crippen LogP contribution in [0.15, 0.2) is 30.3 Å². The molecular formula is C14H20N2O3S. The second kappa shape index (κ2) is 6.37. The van der Waals surface area contributed by atoms with Gasteiger partial charge in [0.1, 0.15) is 6.04 Å². The van der Waals surface area contributed by atoms with Crippen LogP contribution in [0.3, 0.4) is 0 Å². The van der Waals surface area contributed by atoms with Crippen LogP contribution in [0.1, 0.15) is 25.3 Å². The molecule has 110 valence electrons. The first kappa shape index (κ1) is 15.0. The SMILES string of the molecule is CCS(=O)(=O)N[C@H](Cc1ccccc1)C(=O)NC1CC1. The van der Waals surface area contributed by atoms with E-state index in [0.717, 1.165) is 18.4 Å². The molecule has 0 radical (unpaired) electrons. The summed E-state index contributed by atoms with van der Waals surface area (Å²) in [5, 5.41) is 2.85. The molecule has 1 aliphatic rings. The van der Waals surface area contributed by atoms with Gasteiger partial charge in [-0.15, -0.1) is 0 Å². The third kappa shape index (κ3) is 4.61. The summed E-state index contributed by atoms with van der Waals surface area (Å²) in [7, 11) is -3.41. The maximum absolute atomic E-state index is 12.2. The molecule has 1 atom stereocenters. The maximum atomic E-state index is 12.2. The van der Waals surface area contributed by atoms with E-state index in [1.54, 1.807) is 6.92 Å². The zero-order valence-electron chi connectivity index (χ0n) is 11.5. The van der Waals surface area contributed by atoms with Crippen molar-refractivity contribution < 1.29 is 13.2 Å². The van der Waals surface area contributed by atoms with Gasteiger partial charge in [0.2, 0.25) is 15.9 Å². The highest BCUT2D eigenvalue weighted by Crippen LogP contribution is 2.19. The van der Waals surface area contributed by atoms with Crippen molar-refractivity contribution in [3.63, 3.8) is 0 Å². The normalized spacial score (nSPS) is 16.6. The van der Waals surface area contributed by atoms with E-state index in [9.17, 15) is 13.2 Å². The third-order valence-corrected chi connectivity index (χ3v) is 4.63. The Hall–Kier alpha value is -1.40. The van der Waals surface area contributed by atoms with Crippen LogP contribution in [0, 0.1) is 0 Å². The van der Waals surface area contributed by atoms with Gasteiger partial charge in [0.05, 0.1) is 5.75 Å². The van der Waals surface area contributed by atoms with Crippen molar-refractivity contribution in [2.45, 2.75) is 38.3 Å². The van der Waals surface area contributed by atoms with Crippen molar-refractivity contribution in [1.82, 2.24) is 10.0 Å². The largest absolute Gasteiger partial charge is 0.352 e. The van der Waals surface area contributed by atoms with E-state index in [2.05, 4.69) is 10.0 Å². The van der Waals surface area contributed by atoms with Gasteiger partial charge < -0.3 is 5.32 Å². The lowest BCUT2D eigenvalue weighted by atomic mass is 10.1. The minimum absolute atomic E-state index is 0.0327. The summed E-state index contributed by atoms with van der Waals surface area (Å²) < 4.78 is 25.9. The Balaban J connectivity index is 2.08. The minimum Gasteiger partial charge on any atom is -0.352 e. The van der Waals surface area contributed by atoms with Crippen molar-refractivity contribution >= 4 is 15.9 Å². The van der Waals surface area contributed by atoms with Gasteiger partial charge in [0, 0.05) is 6.04 Å². The number of rotatable bonds is 7. The molecular weight excluding hydrogens is 276 g/mol. The van der Waals surface area contributed by atoms with Gasteiger partial charge in [-0.1, -0.05) is 30.3 Å². The Kier molecular flexibility index (Phi) is 4.77.